The van der Waals surface area contributed by atoms with Gasteiger partial charge in [0.2, 0.25) is 0 Å². The molecule has 0 aromatic carbocycles. The van der Waals surface area contributed by atoms with Crippen LogP contribution in [-0.4, -0.2) is 11.2 Å². The van der Waals surface area contributed by atoms with E-state index in [1.54, 1.807) is 0 Å². The summed E-state index contributed by atoms with van der Waals surface area (Å²) in [6.45, 7) is 4.48. The second-order valence-corrected chi connectivity index (χ2v) is 5.41. The quantitative estimate of drug-likeness (QED) is 0.334. The van der Waals surface area contributed by atoms with Gasteiger partial charge in [-0.3, -0.25) is 0 Å². The topological polar surface area (TPSA) is 20.2 Å². The first-order chi connectivity index (χ1) is 8.81. The first kappa shape index (κ1) is 17.7. The maximum absolute atomic E-state index is 9.80. The van der Waals surface area contributed by atoms with Crippen molar-refractivity contribution in [1.82, 2.24) is 0 Å². The van der Waals surface area contributed by atoms with Crippen molar-refractivity contribution in [2.24, 2.45) is 0 Å². The van der Waals surface area contributed by atoms with E-state index in [-0.39, 0.29) is 6.10 Å². The summed E-state index contributed by atoms with van der Waals surface area (Å²) >= 11 is 0. The van der Waals surface area contributed by atoms with Gasteiger partial charge in [-0.25, -0.2) is 0 Å². The Morgan fingerprint density at radius 1 is 0.778 bits per heavy atom. The fourth-order valence-corrected chi connectivity index (χ4v) is 2.16. The zero-order chi connectivity index (χ0) is 13.5. The smallest absolute Gasteiger partial charge is 0.0574 e. The first-order valence-corrected chi connectivity index (χ1v) is 8.14. The lowest BCUT2D eigenvalue weighted by Gasteiger charge is -2.07. The Labute approximate surface area is 115 Å². The fraction of sp³-hybridized carbons (Fsp3) is 0.882. The van der Waals surface area contributed by atoms with Gasteiger partial charge in [0.15, 0.2) is 0 Å². The SMILES string of the molecule is CCCCC/C=C\CC(O)CCCCCCCC. The predicted octanol–water partition coefficient (Wildman–Crippen LogP) is 5.62. The highest BCUT2D eigenvalue weighted by Crippen LogP contribution is 2.10. The van der Waals surface area contributed by atoms with Gasteiger partial charge in [-0.15, -0.1) is 0 Å². The molecule has 0 heterocycles. The summed E-state index contributed by atoms with van der Waals surface area (Å²) < 4.78 is 0. The van der Waals surface area contributed by atoms with E-state index in [1.807, 2.05) is 0 Å². The standard InChI is InChI=1S/C17H34O/c1-3-5-7-9-11-13-15-17(18)16-14-12-10-8-6-4-2/h11,13,17-18H,3-10,12,14-16H2,1-2H3/b13-11-. The van der Waals surface area contributed by atoms with Crippen molar-refractivity contribution < 1.29 is 5.11 Å². The van der Waals surface area contributed by atoms with Crippen LogP contribution < -0.4 is 0 Å². The third-order valence-electron chi connectivity index (χ3n) is 3.44. The normalized spacial score (nSPS) is 13.3. The van der Waals surface area contributed by atoms with Gasteiger partial charge in [0.1, 0.15) is 0 Å². The van der Waals surface area contributed by atoms with Crippen molar-refractivity contribution >= 4 is 0 Å². The Bertz CT molecular complexity index is 174. The number of hydrogen-bond donors (Lipinski definition) is 1. The molecule has 0 aliphatic carbocycles. The molecule has 0 saturated heterocycles. The number of unbranched alkanes of at least 4 members (excludes halogenated alkanes) is 8. The Kier molecular flexibility index (Phi) is 14.5. The summed E-state index contributed by atoms with van der Waals surface area (Å²) in [4.78, 5) is 0. The van der Waals surface area contributed by atoms with Crippen molar-refractivity contribution in [2.75, 3.05) is 0 Å². The van der Waals surface area contributed by atoms with Crippen LogP contribution in [0.5, 0.6) is 0 Å². The van der Waals surface area contributed by atoms with Crippen molar-refractivity contribution in [3.8, 4) is 0 Å². The molecular formula is C17H34O. The number of aliphatic hydroxyl groups is 1. The minimum absolute atomic E-state index is 0.112. The molecule has 0 saturated carbocycles. The average Bonchev–Trinajstić information content (AvgIpc) is 2.38. The average molecular weight is 254 g/mol. The third kappa shape index (κ3) is 13.8. The second-order valence-electron chi connectivity index (χ2n) is 5.41. The summed E-state index contributed by atoms with van der Waals surface area (Å²) in [7, 11) is 0. The molecule has 0 radical (unpaired) electrons. The van der Waals surface area contributed by atoms with Gasteiger partial charge in [0.05, 0.1) is 6.10 Å². The molecule has 0 aliphatic heterocycles. The van der Waals surface area contributed by atoms with E-state index in [1.165, 1.54) is 64.2 Å². The molecule has 1 nitrogen and oxygen atoms in total. The van der Waals surface area contributed by atoms with Crippen LogP contribution >= 0.6 is 0 Å². The summed E-state index contributed by atoms with van der Waals surface area (Å²) in [5, 5.41) is 9.80. The fourth-order valence-electron chi connectivity index (χ4n) is 2.16. The van der Waals surface area contributed by atoms with Gasteiger partial charge in [0, 0.05) is 0 Å². The Balaban J connectivity index is 3.23. The third-order valence-corrected chi connectivity index (χ3v) is 3.44. The van der Waals surface area contributed by atoms with Gasteiger partial charge in [-0.2, -0.15) is 0 Å². The zero-order valence-electron chi connectivity index (χ0n) is 12.7. The molecule has 0 fully saturated rings. The van der Waals surface area contributed by atoms with E-state index in [4.69, 9.17) is 0 Å². The molecular weight excluding hydrogens is 220 g/mol. The minimum Gasteiger partial charge on any atom is -0.393 e. The minimum atomic E-state index is -0.112. The summed E-state index contributed by atoms with van der Waals surface area (Å²) in [6, 6.07) is 0. The highest BCUT2D eigenvalue weighted by atomic mass is 16.3. The van der Waals surface area contributed by atoms with Gasteiger partial charge in [-0.1, -0.05) is 77.4 Å². The number of aliphatic hydroxyl groups excluding tert-OH is 1. The van der Waals surface area contributed by atoms with Crippen LogP contribution in [0.15, 0.2) is 12.2 Å². The lowest BCUT2D eigenvalue weighted by molar-refractivity contribution is 0.163. The molecule has 0 aromatic heterocycles. The van der Waals surface area contributed by atoms with Gasteiger partial charge < -0.3 is 5.11 Å². The molecule has 18 heavy (non-hydrogen) atoms. The maximum atomic E-state index is 9.80. The summed E-state index contributed by atoms with van der Waals surface area (Å²) in [5.74, 6) is 0. The lowest BCUT2D eigenvalue weighted by Crippen LogP contribution is -2.04. The monoisotopic (exact) mass is 254 g/mol. The Morgan fingerprint density at radius 2 is 1.39 bits per heavy atom. The van der Waals surface area contributed by atoms with Gasteiger partial charge >= 0.3 is 0 Å². The van der Waals surface area contributed by atoms with E-state index >= 15 is 0 Å². The Hall–Kier alpha value is -0.300. The van der Waals surface area contributed by atoms with E-state index in [9.17, 15) is 5.11 Å². The van der Waals surface area contributed by atoms with E-state index in [2.05, 4.69) is 26.0 Å². The highest BCUT2D eigenvalue weighted by Gasteiger charge is 2.00. The van der Waals surface area contributed by atoms with E-state index in [0.717, 1.165) is 12.8 Å². The lowest BCUT2D eigenvalue weighted by atomic mass is 10.1. The molecule has 0 spiro atoms. The van der Waals surface area contributed by atoms with Crippen LogP contribution in [0, 0.1) is 0 Å². The van der Waals surface area contributed by atoms with Crippen LogP contribution in [0.3, 0.4) is 0 Å². The van der Waals surface area contributed by atoms with Crippen molar-refractivity contribution in [3.63, 3.8) is 0 Å². The number of allylic oxidation sites excluding steroid dienone is 1. The number of rotatable bonds is 13. The predicted molar refractivity (Wildman–Crippen MR) is 81.9 cm³/mol. The van der Waals surface area contributed by atoms with Gasteiger partial charge in [0.25, 0.3) is 0 Å². The van der Waals surface area contributed by atoms with Crippen molar-refractivity contribution in [2.45, 2.75) is 97.0 Å². The first-order valence-electron chi connectivity index (χ1n) is 8.14. The zero-order valence-corrected chi connectivity index (χ0v) is 12.7. The van der Waals surface area contributed by atoms with E-state index in [0.29, 0.717) is 0 Å². The highest BCUT2D eigenvalue weighted by molar-refractivity contribution is 4.83. The van der Waals surface area contributed by atoms with E-state index < -0.39 is 0 Å². The summed E-state index contributed by atoms with van der Waals surface area (Å²) in [5.41, 5.74) is 0. The van der Waals surface area contributed by atoms with Crippen LogP contribution in [0.25, 0.3) is 0 Å². The molecule has 1 heteroatoms. The van der Waals surface area contributed by atoms with Crippen molar-refractivity contribution in [3.05, 3.63) is 12.2 Å². The molecule has 1 N–H and O–H groups in total. The maximum Gasteiger partial charge on any atom is 0.0574 e. The largest absolute Gasteiger partial charge is 0.393 e. The molecule has 0 aliphatic rings. The molecule has 1 atom stereocenters. The van der Waals surface area contributed by atoms with Crippen LogP contribution in [0.1, 0.15) is 90.9 Å². The van der Waals surface area contributed by atoms with Crippen LogP contribution in [0.2, 0.25) is 0 Å². The Morgan fingerprint density at radius 3 is 2.11 bits per heavy atom. The summed E-state index contributed by atoms with van der Waals surface area (Å²) in [6.07, 6.45) is 19.1. The molecule has 0 bridgehead atoms. The van der Waals surface area contributed by atoms with Crippen LogP contribution in [-0.2, 0) is 0 Å². The molecule has 1 unspecified atom stereocenters. The molecule has 0 aromatic rings. The molecule has 108 valence electrons. The second kappa shape index (κ2) is 14.8. The van der Waals surface area contributed by atoms with Crippen molar-refractivity contribution in [1.29, 1.82) is 0 Å². The molecule has 0 amide bonds. The van der Waals surface area contributed by atoms with Crippen LogP contribution in [0.4, 0.5) is 0 Å². The molecule has 0 rings (SSSR count). The number of hydrogen-bond acceptors (Lipinski definition) is 1. The van der Waals surface area contributed by atoms with Gasteiger partial charge in [-0.05, 0) is 25.7 Å².